The molecule has 1 atom stereocenters. The minimum Gasteiger partial charge on any atom is -0.379 e. The van der Waals surface area contributed by atoms with Gasteiger partial charge in [0.25, 0.3) is 0 Å². The zero-order chi connectivity index (χ0) is 17.3. The van der Waals surface area contributed by atoms with Crippen molar-refractivity contribution in [2.45, 2.75) is 31.7 Å². The fourth-order valence-corrected chi connectivity index (χ4v) is 3.75. The SMILES string of the molecule is O=C(NC1CC1)N1CCC[C@]2(COCCN(c3ncc(F)cn3)C2)C1. The first-order valence-electron chi connectivity index (χ1n) is 8.99. The summed E-state index contributed by atoms with van der Waals surface area (Å²) in [6.07, 6.45) is 6.51. The smallest absolute Gasteiger partial charge is 0.317 e. The van der Waals surface area contributed by atoms with Gasteiger partial charge in [0.15, 0.2) is 5.82 Å². The molecule has 1 aromatic rings. The summed E-state index contributed by atoms with van der Waals surface area (Å²) in [4.78, 5) is 24.6. The molecule has 2 aliphatic heterocycles. The Labute approximate surface area is 146 Å². The minimum absolute atomic E-state index is 0.0374. The largest absolute Gasteiger partial charge is 0.379 e. The molecule has 2 amide bonds. The average Bonchev–Trinajstić information content (AvgIpc) is 3.44. The van der Waals surface area contributed by atoms with Crippen molar-refractivity contribution in [3.63, 3.8) is 0 Å². The van der Waals surface area contributed by atoms with E-state index >= 15 is 0 Å². The van der Waals surface area contributed by atoms with Crippen molar-refractivity contribution >= 4 is 12.0 Å². The molecule has 1 N–H and O–H groups in total. The lowest BCUT2D eigenvalue weighted by Gasteiger charge is -2.43. The highest BCUT2D eigenvalue weighted by molar-refractivity contribution is 5.75. The molecule has 3 fully saturated rings. The number of aromatic nitrogens is 2. The highest BCUT2D eigenvalue weighted by Crippen LogP contribution is 2.34. The van der Waals surface area contributed by atoms with Gasteiger partial charge in [-0.2, -0.15) is 0 Å². The van der Waals surface area contributed by atoms with E-state index in [2.05, 4.69) is 20.2 Å². The molecule has 8 heteroatoms. The fourth-order valence-electron chi connectivity index (χ4n) is 3.75. The zero-order valence-electron chi connectivity index (χ0n) is 14.3. The number of anilines is 1. The number of piperidine rings is 1. The summed E-state index contributed by atoms with van der Waals surface area (Å²) < 4.78 is 19.0. The lowest BCUT2D eigenvalue weighted by atomic mass is 9.80. The lowest BCUT2D eigenvalue weighted by molar-refractivity contribution is 0.0243. The van der Waals surface area contributed by atoms with Gasteiger partial charge in [0.1, 0.15) is 0 Å². The first kappa shape index (κ1) is 16.5. The summed E-state index contributed by atoms with van der Waals surface area (Å²) in [5.41, 5.74) is -0.132. The minimum atomic E-state index is -0.440. The molecule has 7 nitrogen and oxygen atoms in total. The van der Waals surface area contributed by atoms with Crippen molar-refractivity contribution in [3.8, 4) is 0 Å². The van der Waals surface area contributed by atoms with Crippen LogP contribution in [0.1, 0.15) is 25.7 Å². The third kappa shape index (κ3) is 3.84. The van der Waals surface area contributed by atoms with E-state index < -0.39 is 5.82 Å². The van der Waals surface area contributed by atoms with Crippen LogP contribution in [0.15, 0.2) is 12.4 Å². The Bertz CT molecular complexity index is 624. The maximum atomic E-state index is 13.1. The molecular weight excluding hydrogens is 325 g/mol. The summed E-state index contributed by atoms with van der Waals surface area (Å²) in [6.45, 7) is 4.04. The summed E-state index contributed by atoms with van der Waals surface area (Å²) in [5, 5.41) is 3.08. The van der Waals surface area contributed by atoms with Crippen LogP contribution < -0.4 is 10.2 Å². The molecule has 0 aromatic carbocycles. The Morgan fingerprint density at radius 2 is 2.08 bits per heavy atom. The molecule has 0 radical (unpaired) electrons. The van der Waals surface area contributed by atoms with Gasteiger partial charge in [0, 0.05) is 37.6 Å². The molecule has 1 saturated carbocycles. The van der Waals surface area contributed by atoms with E-state index in [-0.39, 0.29) is 11.4 Å². The number of likely N-dealkylation sites (tertiary alicyclic amines) is 1. The van der Waals surface area contributed by atoms with Crippen LogP contribution in [0.4, 0.5) is 15.1 Å². The first-order valence-corrected chi connectivity index (χ1v) is 8.99. The van der Waals surface area contributed by atoms with E-state index in [4.69, 9.17) is 4.74 Å². The number of rotatable bonds is 2. The van der Waals surface area contributed by atoms with Crippen LogP contribution in [0.5, 0.6) is 0 Å². The maximum absolute atomic E-state index is 13.1. The van der Waals surface area contributed by atoms with E-state index in [1.165, 1.54) is 12.4 Å². The Kier molecular flexibility index (Phi) is 4.45. The Hall–Kier alpha value is -1.96. The molecule has 1 aromatic heterocycles. The van der Waals surface area contributed by atoms with Gasteiger partial charge in [-0.1, -0.05) is 0 Å². The molecular formula is C17H24FN5O2. The van der Waals surface area contributed by atoms with Crippen LogP contribution in [0.2, 0.25) is 0 Å². The predicted molar refractivity (Wildman–Crippen MR) is 89.8 cm³/mol. The number of hydrogen-bond acceptors (Lipinski definition) is 5. The van der Waals surface area contributed by atoms with Gasteiger partial charge < -0.3 is 19.9 Å². The number of carbonyl (C=O) groups is 1. The van der Waals surface area contributed by atoms with Gasteiger partial charge in [-0.15, -0.1) is 0 Å². The summed E-state index contributed by atoms with van der Waals surface area (Å²) >= 11 is 0. The molecule has 0 bridgehead atoms. The topological polar surface area (TPSA) is 70.6 Å². The molecule has 1 spiro atoms. The first-order chi connectivity index (χ1) is 12.1. The van der Waals surface area contributed by atoms with Crippen molar-refractivity contribution < 1.29 is 13.9 Å². The molecule has 136 valence electrons. The van der Waals surface area contributed by atoms with E-state index in [1.54, 1.807) is 0 Å². The molecule has 3 heterocycles. The standard InChI is InChI=1S/C17H24FN5O2/c18-13-8-19-15(20-9-13)22-6-7-25-12-17(10-22)4-1-5-23(11-17)16(24)21-14-2-3-14/h8-9,14H,1-7,10-12H2,(H,21,24)/t17-/m1/s1. The van der Waals surface area contributed by atoms with Crippen molar-refractivity contribution in [1.29, 1.82) is 0 Å². The van der Waals surface area contributed by atoms with Gasteiger partial charge in [0.05, 0.1) is 25.6 Å². The number of nitrogens with zero attached hydrogens (tertiary/aromatic N) is 4. The normalized spacial score (nSPS) is 27.2. The maximum Gasteiger partial charge on any atom is 0.317 e. The molecule has 25 heavy (non-hydrogen) atoms. The molecule has 4 rings (SSSR count). The van der Waals surface area contributed by atoms with E-state index in [0.717, 1.165) is 32.2 Å². The molecule has 3 aliphatic rings. The van der Waals surface area contributed by atoms with E-state index in [0.29, 0.717) is 44.8 Å². The summed E-state index contributed by atoms with van der Waals surface area (Å²) in [6, 6.07) is 0.398. The molecule has 1 aliphatic carbocycles. The Morgan fingerprint density at radius 3 is 2.84 bits per heavy atom. The second-order valence-corrected chi connectivity index (χ2v) is 7.42. The van der Waals surface area contributed by atoms with Gasteiger partial charge >= 0.3 is 6.03 Å². The number of nitrogens with one attached hydrogen (secondary N) is 1. The molecule has 0 unspecified atom stereocenters. The van der Waals surface area contributed by atoms with E-state index in [1.807, 2.05) is 4.90 Å². The third-order valence-corrected chi connectivity index (χ3v) is 5.18. The van der Waals surface area contributed by atoms with Crippen LogP contribution in [0.25, 0.3) is 0 Å². The quantitative estimate of drug-likeness (QED) is 0.874. The number of amides is 2. The monoisotopic (exact) mass is 349 g/mol. The summed E-state index contributed by atoms with van der Waals surface area (Å²) in [5.74, 6) is 0.0796. The van der Waals surface area contributed by atoms with Crippen molar-refractivity contribution in [2.75, 3.05) is 44.3 Å². The van der Waals surface area contributed by atoms with Crippen molar-refractivity contribution in [2.24, 2.45) is 5.41 Å². The predicted octanol–water partition coefficient (Wildman–Crippen LogP) is 1.41. The second kappa shape index (κ2) is 6.74. The third-order valence-electron chi connectivity index (χ3n) is 5.18. The van der Waals surface area contributed by atoms with Gasteiger partial charge in [-0.3, -0.25) is 0 Å². The fraction of sp³-hybridized carbons (Fsp3) is 0.706. The van der Waals surface area contributed by atoms with Crippen LogP contribution in [0, 0.1) is 11.2 Å². The van der Waals surface area contributed by atoms with Crippen LogP contribution in [-0.2, 0) is 4.74 Å². The zero-order valence-corrected chi connectivity index (χ0v) is 14.3. The van der Waals surface area contributed by atoms with Crippen molar-refractivity contribution in [1.82, 2.24) is 20.2 Å². The highest BCUT2D eigenvalue weighted by Gasteiger charge is 2.41. The number of urea groups is 1. The highest BCUT2D eigenvalue weighted by atomic mass is 19.1. The Balaban J connectivity index is 1.48. The number of halogens is 1. The average molecular weight is 349 g/mol. The lowest BCUT2D eigenvalue weighted by Crippen LogP contribution is -2.54. The van der Waals surface area contributed by atoms with Crippen LogP contribution in [0.3, 0.4) is 0 Å². The molecule has 2 saturated heterocycles. The number of ether oxygens (including phenoxy) is 1. The Morgan fingerprint density at radius 1 is 1.28 bits per heavy atom. The number of carbonyl (C=O) groups excluding carboxylic acids is 1. The van der Waals surface area contributed by atoms with Gasteiger partial charge in [-0.05, 0) is 25.7 Å². The number of hydrogen-bond donors (Lipinski definition) is 1. The van der Waals surface area contributed by atoms with E-state index in [9.17, 15) is 9.18 Å². The second-order valence-electron chi connectivity index (χ2n) is 7.42. The van der Waals surface area contributed by atoms with Crippen LogP contribution in [-0.4, -0.2) is 66.3 Å². The van der Waals surface area contributed by atoms with Gasteiger partial charge in [-0.25, -0.2) is 19.2 Å². The van der Waals surface area contributed by atoms with Gasteiger partial charge in [0.2, 0.25) is 5.95 Å². The van der Waals surface area contributed by atoms with Crippen LogP contribution >= 0.6 is 0 Å². The summed E-state index contributed by atoms with van der Waals surface area (Å²) in [7, 11) is 0. The van der Waals surface area contributed by atoms with Crippen molar-refractivity contribution in [3.05, 3.63) is 18.2 Å².